The zero-order valence-electron chi connectivity index (χ0n) is 8.70. The average molecular weight is 308 g/mol. The molecule has 0 radical (unpaired) electrons. The first-order valence-corrected chi connectivity index (χ1v) is 6.23. The molecule has 0 unspecified atom stereocenters. The first kappa shape index (κ1) is 10.7. The molecule has 1 heteroatoms. The Balaban J connectivity index is 2.42. The van der Waals surface area contributed by atoms with Crippen LogP contribution >= 0.6 is 22.6 Å². The van der Waals surface area contributed by atoms with Gasteiger partial charge in [0.2, 0.25) is 0 Å². The third kappa shape index (κ3) is 2.40. The lowest BCUT2D eigenvalue weighted by molar-refractivity contribution is 1.14. The highest BCUT2D eigenvalue weighted by Gasteiger charge is 2.00. The Labute approximate surface area is 104 Å². The van der Waals surface area contributed by atoms with Crippen LogP contribution in [0.15, 0.2) is 48.5 Å². The van der Waals surface area contributed by atoms with Gasteiger partial charge >= 0.3 is 0 Å². The lowest BCUT2D eigenvalue weighted by Crippen LogP contribution is -1.83. The summed E-state index contributed by atoms with van der Waals surface area (Å²) in [5.74, 6) is 0. The van der Waals surface area contributed by atoms with Crippen LogP contribution in [-0.4, -0.2) is 0 Å². The number of aryl methyl sites for hydroxylation is 1. The predicted octanol–water partition coefficient (Wildman–Crippen LogP) is 4.52. The first-order valence-electron chi connectivity index (χ1n) is 5.15. The van der Waals surface area contributed by atoms with Gasteiger partial charge in [0.15, 0.2) is 0 Å². The third-order valence-electron chi connectivity index (χ3n) is 2.55. The molecule has 0 spiro atoms. The van der Waals surface area contributed by atoms with E-state index < -0.39 is 0 Å². The van der Waals surface area contributed by atoms with Crippen LogP contribution in [0, 0.1) is 3.57 Å². The molecular formula is C14H13I. The highest BCUT2D eigenvalue weighted by molar-refractivity contribution is 14.1. The van der Waals surface area contributed by atoms with E-state index in [0.717, 1.165) is 6.42 Å². The molecule has 0 heterocycles. The molecule has 2 aromatic carbocycles. The molecule has 0 aliphatic heterocycles. The zero-order chi connectivity index (χ0) is 10.7. The molecule has 15 heavy (non-hydrogen) atoms. The zero-order valence-corrected chi connectivity index (χ0v) is 10.9. The Morgan fingerprint density at radius 1 is 0.933 bits per heavy atom. The van der Waals surface area contributed by atoms with Crippen molar-refractivity contribution >= 4 is 22.6 Å². The van der Waals surface area contributed by atoms with Crippen molar-refractivity contribution in [3.05, 3.63) is 57.7 Å². The number of hydrogen-bond donors (Lipinski definition) is 0. The second-order valence-electron chi connectivity index (χ2n) is 3.53. The van der Waals surface area contributed by atoms with Crippen molar-refractivity contribution in [1.82, 2.24) is 0 Å². The Morgan fingerprint density at radius 3 is 2.20 bits per heavy atom. The van der Waals surface area contributed by atoms with E-state index in [2.05, 4.69) is 78.0 Å². The van der Waals surface area contributed by atoms with E-state index in [4.69, 9.17) is 0 Å². The molecule has 2 rings (SSSR count). The van der Waals surface area contributed by atoms with Crippen molar-refractivity contribution in [2.45, 2.75) is 13.3 Å². The van der Waals surface area contributed by atoms with Gasteiger partial charge in [-0.1, -0.05) is 49.4 Å². The lowest BCUT2D eigenvalue weighted by Gasteiger charge is -2.05. The van der Waals surface area contributed by atoms with E-state index in [-0.39, 0.29) is 0 Å². The molecule has 0 N–H and O–H groups in total. The van der Waals surface area contributed by atoms with Crippen molar-refractivity contribution in [3.8, 4) is 11.1 Å². The van der Waals surface area contributed by atoms with Gasteiger partial charge in [-0.25, -0.2) is 0 Å². The van der Waals surface area contributed by atoms with E-state index >= 15 is 0 Å². The minimum atomic E-state index is 1.10. The molecule has 0 aromatic heterocycles. The predicted molar refractivity (Wildman–Crippen MR) is 74.0 cm³/mol. The van der Waals surface area contributed by atoms with Gasteiger partial charge in [0.25, 0.3) is 0 Å². The Hall–Kier alpha value is -0.830. The summed E-state index contributed by atoms with van der Waals surface area (Å²) in [5.41, 5.74) is 4.02. The smallest absolute Gasteiger partial charge is 0.0208 e. The largest absolute Gasteiger partial charge is 0.0616 e. The van der Waals surface area contributed by atoms with Crippen LogP contribution in [0.25, 0.3) is 11.1 Å². The molecule has 0 aliphatic carbocycles. The summed E-state index contributed by atoms with van der Waals surface area (Å²) < 4.78 is 1.30. The molecule has 2 aromatic rings. The van der Waals surface area contributed by atoms with Gasteiger partial charge in [-0.3, -0.25) is 0 Å². The number of benzene rings is 2. The molecule has 0 aliphatic rings. The number of halogens is 1. The Kier molecular flexibility index (Phi) is 3.41. The van der Waals surface area contributed by atoms with Crippen LogP contribution in [0.1, 0.15) is 12.5 Å². The van der Waals surface area contributed by atoms with E-state index in [9.17, 15) is 0 Å². The van der Waals surface area contributed by atoms with Gasteiger partial charge < -0.3 is 0 Å². The van der Waals surface area contributed by atoms with Crippen LogP contribution in [-0.2, 0) is 6.42 Å². The molecular weight excluding hydrogens is 295 g/mol. The fourth-order valence-corrected chi connectivity index (χ4v) is 2.31. The van der Waals surface area contributed by atoms with Gasteiger partial charge in [-0.15, -0.1) is 0 Å². The van der Waals surface area contributed by atoms with E-state index in [1.807, 2.05) is 0 Å². The molecule has 0 fully saturated rings. The highest BCUT2D eigenvalue weighted by Crippen LogP contribution is 2.25. The molecule has 0 saturated carbocycles. The maximum absolute atomic E-state index is 2.38. The van der Waals surface area contributed by atoms with Crippen molar-refractivity contribution in [2.24, 2.45) is 0 Å². The Bertz CT molecular complexity index is 443. The van der Waals surface area contributed by atoms with Crippen molar-refractivity contribution < 1.29 is 0 Å². The second kappa shape index (κ2) is 4.79. The van der Waals surface area contributed by atoms with Gasteiger partial charge in [0, 0.05) is 3.57 Å². The summed E-state index contributed by atoms with van der Waals surface area (Å²) in [5, 5.41) is 0. The second-order valence-corrected chi connectivity index (χ2v) is 4.69. The van der Waals surface area contributed by atoms with Crippen molar-refractivity contribution in [2.75, 3.05) is 0 Å². The summed E-state index contributed by atoms with van der Waals surface area (Å²) in [6, 6.07) is 17.3. The van der Waals surface area contributed by atoms with Crippen LogP contribution in [0.5, 0.6) is 0 Å². The number of rotatable bonds is 2. The molecule has 0 bridgehead atoms. The quantitative estimate of drug-likeness (QED) is 0.716. The van der Waals surface area contributed by atoms with Crippen molar-refractivity contribution in [3.63, 3.8) is 0 Å². The van der Waals surface area contributed by atoms with Crippen LogP contribution in [0.2, 0.25) is 0 Å². The molecule has 0 saturated heterocycles. The minimum Gasteiger partial charge on any atom is -0.0616 e. The summed E-state index contributed by atoms with van der Waals surface area (Å²) in [6.45, 7) is 2.18. The lowest BCUT2D eigenvalue weighted by atomic mass is 10.0. The highest BCUT2D eigenvalue weighted by atomic mass is 127. The summed E-state index contributed by atoms with van der Waals surface area (Å²) in [6.07, 6.45) is 1.10. The average Bonchev–Trinajstić information content (AvgIpc) is 2.30. The van der Waals surface area contributed by atoms with E-state index in [1.54, 1.807) is 0 Å². The SMILES string of the molecule is CCc1ccc(-c2ccccc2I)cc1. The van der Waals surface area contributed by atoms with Crippen LogP contribution < -0.4 is 0 Å². The van der Waals surface area contributed by atoms with Crippen LogP contribution in [0.4, 0.5) is 0 Å². The minimum absolute atomic E-state index is 1.10. The molecule has 0 amide bonds. The Morgan fingerprint density at radius 2 is 1.60 bits per heavy atom. The molecule has 0 nitrogen and oxygen atoms in total. The standard InChI is InChI=1S/C14H13I/c1-2-11-7-9-12(10-8-11)13-5-3-4-6-14(13)15/h3-10H,2H2,1H3. The van der Waals surface area contributed by atoms with Gasteiger partial charge in [-0.05, 0) is 51.8 Å². The van der Waals surface area contributed by atoms with Crippen molar-refractivity contribution in [1.29, 1.82) is 0 Å². The van der Waals surface area contributed by atoms with Gasteiger partial charge in [0.05, 0.1) is 0 Å². The summed E-state index contributed by atoms with van der Waals surface area (Å²) >= 11 is 2.38. The van der Waals surface area contributed by atoms with E-state index in [0.29, 0.717) is 0 Å². The monoisotopic (exact) mass is 308 g/mol. The van der Waals surface area contributed by atoms with Gasteiger partial charge in [-0.2, -0.15) is 0 Å². The summed E-state index contributed by atoms with van der Waals surface area (Å²) in [7, 11) is 0. The third-order valence-corrected chi connectivity index (χ3v) is 3.49. The normalized spacial score (nSPS) is 10.3. The molecule has 76 valence electrons. The van der Waals surface area contributed by atoms with Crippen LogP contribution in [0.3, 0.4) is 0 Å². The topological polar surface area (TPSA) is 0 Å². The van der Waals surface area contributed by atoms with Gasteiger partial charge in [0.1, 0.15) is 0 Å². The summed E-state index contributed by atoms with van der Waals surface area (Å²) in [4.78, 5) is 0. The fraction of sp³-hybridized carbons (Fsp3) is 0.143. The first-order chi connectivity index (χ1) is 7.31. The van der Waals surface area contributed by atoms with E-state index in [1.165, 1.54) is 20.3 Å². The molecule has 0 atom stereocenters. The number of hydrogen-bond acceptors (Lipinski definition) is 0. The maximum Gasteiger partial charge on any atom is 0.0208 e. The maximum atomic E-state index is 2.38. The fourth-order valence-electron chi connectivity index (χ4n) is 1.62.